The second kappa shape index (κ2) is 8.82. The molecule has 2 aromatic carbocycles. The lowest BCUT2D eigenvalue weighted by Gasteiger charge is -2.19. The number of carbonyl (C=O) groups is 1. The Labute approximate surface area is 154 Å². The van der Waals surface area contributed by atoms with Crippen molar-refractivity contribution in [1.29, 1.82) is 0 Å². The molecule has 0 unspecified atom stereocenters. The van der Waals surface area contributed by atoms with Crippen LogP contribution in [-0.2, 0) is 16.6 Å². The Hall–Kier alpha value is -2.38. The molecule has 0 atom stereocenters. The summed E-state index contributed by atoms with van der Waals surface area (Å²) in [4.78, 5) is 14.2. The van der Waals surface area contributed by atoms with Gasteiger partial charge in [0.25, 0.3) is 5.91 Å². The number of ether oxygens (including phenoxy) is 1. The highest BCUT2D eigenvalue weighted by Gasteiger charge is 2.22. The highest BCUT2D eigenvalue weighted by atomic mass is 32.2. The van der Waals surface area contributed by atoms with E-state index in [0.29, 0.717) is 18.7 Å². The topological polar surface area (TPSA) is 75.7 Å². The molecular weight excluding hydrogens is 352 g/mol. The molecule has 1 N–H and O–H groups in total. The van der Waals surface area contributed by atoms with Gasteiger partial charge in [-0.05, 0) is 30.7 Å². The van der Waals surface area contributed by atoms with Gasteiger partial charge in [0, 0.05) is 25.7 Å². The van der Waals surface area contributed by atoms with Gasteiger partial charge >= 0.3 is 0 Å². The zero-order chi connectivity index (χ0) is 19.2. The summed E-state index contributed by atoms with van der Waals surface area (Å²) in [5.41, 5.74) is 1.29. The van der Waals surface area contributed by atoms with Crippen molar-refractivity contribution in [3.8, 4) is 5.75 Å². The van der Waals surface area contributed by atoms with Crippen LogP contribution in [0.15, 0.2) is 53.4 Å². The summed E-state index contributed by atoms with van der Waals surface area (Å²) >= 11 is 0. The van der Waals surface area contributed by atoms with Crippen molar-refractivity contribution < 1.29 is 17.9 Å². The smallest absolute Gasteiger partial charge is 0.253 e. The average molecular weight is 376 g/mol. The molecule has 0 heterocycles. The average Bonchev–Trinajstić information content (AvgIpc) is 2.62. The molecule has 0 spiro atoms. The molecule has 2 aromatic rings. The Morgan fingerprint density at radius 2 is 1.81 bits per heavy atom. The second-order valence-electron chi connectivity index (χ2n) is 5.74. The molecular formula is C19H24N2O4S. The molecule has 2 rings (SSSR count). The third kappa shape index (κ3) is 4.83. The van der Waals surface area contributed by atoms with Crippen LogP contribution >= 0.6 is 0 Å². The normalized spacial score (nSPS) is 11.2. The van der Waals surface area contributed by atoms with Crippen LogP contribution in [0.1, 0.15) is 29.8 Å². The SMILES string of the molecule is CCNS(=O)(=O)c1cc(C(=O)N(C)Cc2ccccc2)ccc1OCC. The maximum Gasteiger partial charge on any atom is 0.253 e. The van der Waals surface area contributed by atoms with Crippen LogP contribution in [0.4, 0.5) is 0 Å². The Bertz CT molecular complexity index is 851. The van der Waals surface area contributed by atoms with E-state index >= 15 is 0 Å². The van der Waals surface area contributed by atoms with Crippen molar-refractivity contribution in [3.63, 3.8) is 0 Å². The maximum atomic E-state index is 12.7. The Morgan fingerprint density at radius 1 is 1.12 bits per heavy atom. The molecule has 0 saturated carbocycles. The van der Waals surface area contributed by atoms with E-state index in [-0.39, 0.29) is 23.1 Å². The van der Waals surface area contributed by atoms with E-state index in [0.717, 1.165) is 5.56 Å². The van der Waals surface area contributed by atoms with Crippen LogP contribution < -0.4 is 9.46 Å². The molecule has 0 aliphatic heterocycles. The van der Waals surface area contributed by atoms with E-state index in [1.54, 1.807) is 31.9 Å². The molecule has 0 radical (unpaired) electrons. The van der Waals surface area contributed by atoms with Gasteiger partial charge in [-0.25, -0.2) is 13.1 Å². The number of rotatable bonds is 8. The molecule has 0 saturated heterocycles. The van der Waals surface area contributed by atoms with Crippen LogP contribution in [0.2, 0.25) is 0 Å². The predicted molar refractivity (Wildman–Crippen MR) is 101 cm³/mol. The van der Waals surface area contributed by atoms with Crippen LogP contribution in [0.3, 0.4) is 0 Å². The van der Waals surface area contributed by atoms with Gasteiger partial charge in [-0.15, -0.1) is 0 Å². The van der Waals surface area contributed by atoms with Gasteiger partial charge in [0.15, 0.2) is 0 Å². The zero-order valence-electron chi connectivity index (χ0n) is 15.2. The second-order valence-corrected chi connectivity index (χ2v) is 7.48. The van der Waals surface area contributed by atoms with E-state index in [1.807, 2.05) is 30.3 Å². The lowest BCUT2D eigenvalue weighted by atomic mass is 10.1. The molecule has 0 aliphatic carbocycles. The summed E-state index contributed by atoms with van der Waals surface area (Å²) in [7, 11) is -2.06. The quantitative estimate of drug-likeness (QED) is 0.768. The van der Waals surface area contributed by atoms with Crippen molar-refractivity contribution in [1.82, 2.24) is 9.62 Å². The molecule has 6 nitrogen and oxygen atoms in total. The van der Waals surface area contributed by atoms with Crippen molar-refractivity contribution >= 4 is 15.9 Å². The molecule has 0 aliphatic rings. The highest BCUT2D eigenvalue weighted by molar-refractivity contribution is 7.89. The molecule has 140 valence electrons. The van der Waals surface area contributed by atoms with Gasteiger partial charge in [-0.3, -0.25) is 4.79 Å². The van der Waals surface area contributed by atoms with Crippen LogP contribution in [0.5, 0.6) is 5.75 Å². The van der Waals surface area contributed by atoms with E-state index < -0.39 is 10.0 Å². The highest BCUT2D eigenvalue weighted by Crippen LogP contribution is 2.26. The summed E-state index contributed by atoms with van der Waals surface area (Å²) in [6, 6.07) is 14.1. The number of benzene rings is 2. The number of hydrogen-bond acceptors (Lipinski definition) is 4. The minimum absolute atomic E-state index is 0.0276. The molecule has 0 bridgehead atoms. The molecule has 0 fully saturated rings. The van der Waals surface area contributed by atoms with Crippen LogP contribution in [0, 0.1) is 0 Å². The number of carbonyl (C=O) groups excluding carboxylic acids is 1. The first-order valence-electron chi connectivity index (χ1n) is 8.45. The van der Waals surface area contributed by atoms with Gasteiger partial charge in [0.1, 0.15) is 10.6 Å². The first-order chi connectivity index (χ1) is 12.4. The van der Waals surface area contributed by atoms with Gasteiger partial charge < -0.3 is 9.64 Å². The number of nitrogens with zero attached hydrogens (tertiary/aromatic N) is 1. The molecule has 26 heavy (non-hydrogen) atoms. The number of amides is 1. The van der Waals surface area contributed by atoms with Gasteiger partial charge in [0.05, 0.1) is 6.61 Å². The number of nitrogens with one attached hydrogen (secondary N) is 1. The summed E-state index contributed by atoms with van der Waals surface area (Å²) in [5.74, 6) is -0.0273. The van der Waals surface area contributed by atoms with Crippen LogP contribution in [-0.4, -0.2) is 39.4 Å². The fraction of sp³-hybridized carbons (Fsp3) is 0.316. The van der Waals surface area contributed by atoms with Crippen molar-refractivity contribution in [3.05, 3.63) is 59.7 Å². The third-order valence-electron chi connectivity index (χ3n) is 3.72. The van der Waals surface area contributed by atoms with E-state index in [4.69, 9.17) is 4.74 Å². The monoisotopic (exact) mass is 376 g/mol. The summed E-state index contributed by atoms with van der Waals surface area (Å²) in [6.07, 6.45) is 0. The first kappa shape index (κ1) is 19.9. The Morgan fingerprint density at radius 3 is 2.42 bits per heavy atom. The molecule has 0 aromatic heterocycles. The third-order valence-corrected chi connectivity index (χ3v) is 5.29. The number of hydrogen-bond donors (Lipinski definition) is 1. The van der Waals surface area contributed by atoms with E-state index in [1.165, 1.54) is 12.1 Å². The lowest BCUT2D eigenvalue weighted by molar-refractivity contribution is 0.0785. The summed E-state index contributed by atoms with van der Waals surface area (Å²) in [5, 5.41) is 0. The lowest BCUT2D eigenvalue weighted by Crippen LogP contribution is -2.27. The fourth-order valence-corrected chi connectivity index (χ4v) is 3.75. The minimum atomic E-state index is -3.75. The predicted octanol–water partition coefficient (Wildman–Crippen LogP) is 2.66. The maximum absolute atomic E-state index is 12.7. The van der Waals surface area contributed by atoms with Gasteiger partial charge in [-0.1, -0.05) is 37.3 Å². The van der Waals surface area contributed by atoms with E-state index in [2.05, 4.69) is 4.72 Å². The largest absolute Gasteiger partial charge is 0.492 e. The van der Waals surface area contributed by atoms with E-state index in [9.17, 15) is 13.2 Å². The van der Waals surface area contributed by atoms with Crippen molar-refractivity contribution in [2.75, 3.05) is 20.2 Å². The Balaban J connectivity index is 2.32. The minimum Gasteiger partial charge on any atom is -0.492 e. The molecule has 7 heteroatoms. The summed E-state index contributed by atoms with van der Waals surface area (Å²) in [6.45, 7) is 4.48. The number of sulfonamides is 1. The zero-order valence-corrected chi connectivity index (χ0v) is 16.0. The van der Waals surface area contributed by atoms with Crippen molar-refractivity contribution in [2.24, 2.45) is 0 Å². The Kier molecular flexibility index (Phi) is 6.76. The summed E-state index contributed by atoms with van der Waals surface area (Å²) < 4.78 is 32.8. The molecule has 1 amide bonds. The first-order valence-corrected chi connectivity index (χ1v) is 9.93. The fourth-order valence-electron chi connectivity index (χ4n) is 2.54. The van der Waals surface area contributed by atoms with Crippen LogP contribution in [0.25, 0.3) is 0 Å². The standard InChI is InChI=1S/C19H24N2O4S/c1-4-20-26(23,24)18-13-16(11-12-17(18)25-5-2)19(22)21(3)14-15-9-7-6-8-10-15/h6-13,20H,4-5,14H2,1-3H3. The van der Waals surface area contributed by atoms with Gasteiger partial charge in [0.2, 0.25) is 10.0 Å². The van der Waals surface area contributed by atoms with Gasteiger partial charge in [-0.2, -0.15) is 0 Å². The van der Waals surface area contributed by atoms with Crippen molar-refractivity contribution in [2.45, 2.75) is 25.3 Å².